The van der Waals surface area contributed by atoms with E-state index in [0.717, 1.165) is 26.5 Å². The van der Waals surface area contributed by atoms with Gasteiger partial charge in [0.2, 0.25) is 0 Å². The first-order valence-electron chi connectivity index (χ1n) is 28.1. The second-order valence-corrected chi connectivity index (χ2v) is 28.9. The Morgan fingerprint density at radius 2 is 0.695 bits per heavy atom. The maximum Gasteiger partial charge on any atom is 0.335 e. The molecule has 0 aliphatic heterocycles. The SMILES string of the molecule is C.CC(C)(C)c1ccc2c(c1)c1cc(C(C)(C)C)ccc1n2-c1ccc(/C=C/c2ccc(Br)cc2)cc1.CC(C)(C)c1ccc2c(c1)c1cc(C(C)(C)C)ccc1n2-c1ccc(C=O)cc1.CCOP(=O)(Cc1ccc(Br)cc1)OCC. The fourth-order valence-corrected chi connectivity index (χ4v) is 12.2. The number of aldehydes is 1. The van der Waals surface area contributed by atoms with Gasteiger partial charge in [-0.15, -0.1) is 0 Å². The van der Waals surface area contributed by atoms with Crippen LogP contribution in [-0.4, -0.2) is 28.6 Å². The molecule has 10 aromatic rings. The summed E-state index contributed by atoms with van der Waals surface area (Å²) in [6, 6.07) is 60.3. The lowest BCUT2D eigenvalue weighted by molar-refractivity contribution is 0.112. The Morgan fingerprint density at radius 1 is 0.415 bits per heavy atom. The van der Waals surface area contributed by atoms with Crippen LogP contribution in [-0.2, 0) is 41.4 Å². The predicted octanol–water partition coefficient (Wildman–Crippen LogP) is 22.4. The van der Waals surface area contributed by atoms with Crippen LogP contribution in [0.1, 0.15) is 154 Å². The summed E-state index contributed by atoms with van der Waals surface area (Å²) in [7, 11) is -2.97. The number of halogens is 2. The molecular weight excluding hydrogens is 1160 g/mol. The van der Waals surface area contributed by atoms with E-state index in [-0.39, 0.29) is 29.1 Å². The lowest BCUT2D eigenvalue weighted by atomic mass is 9.85. The van der Waals surface area contributed by atoms with Crippen molar-refractivity contribution in [1.82, 2.24) is 9.13 Å². The number of rotatable bonds is 11. The molecule has 8 aromatic carbocycles. The third-order valence-corrected chi connectivity index (χ3v) is 17.8. The molecule has 0 N–H and O–H groups in total. The van der Waals surface area contributed by atoms with Crippen molar-refractivity contribution in [3.8, 4) is 11.4 Å². The van der Waals surface area contributed by atoms with Crippen molar-refractivity contribution < 1.29 is 18.4 Å². The van der Waals surface area contributed by atoms with E-state index >= 15 is 0 Å². The molecule has 0 aliphatic rings. The van der Waals surface area contributed by atoms with Gasteiger partial charge in [0.05, 0.1) is 41.4 Å². The molecule has 2 aromatic heterocycles. The monoisotopic (exact) mass is 1240 g/mol. The average Bonchev–Trinajstić information content (AvgIpc) is 4.15. The van der Waals surface area contributed by atoms with Crippen LogP contribution in [0.15, 0.2) is 179 Å². The number of carbonyl (C=O) groups excluding carboxylic acids is 1. The molecule has 6 nitrogen and oxygen atoms in total. The summed E-state index contributed by atoms with van der Waals surface area (Å²) >= 11 is 6.86. The fourth-order valence-electron chi connectivity index (χ4n) is 10.0. The van der Waals surface area contributed by atoms with Crippen LogP contribution in [0, 0.1) is 0 Å². The zero-order valence-electron chi connectivity index (χ0n) is 49.7. The van der Waals surface area contributed by atoms with Gasteiger partial charge in [-0.05, 0) is 184 Å². The van der Waals surface area contributed by atoms with E-state index < -0.39 is 7.60 Å². The van der Waals surface area contributed by atoms with Crippen molar-refractivity contribution in [2.75, 3.05) is 13.2 Å². The summed E-state index contributed by atoms with van der Waals surface area (Å²) < 4.78 is 29.5. The Kier molecular flexibility index (Phi) is 20.0. The normalized spacial score (nSPS) is 12.3. The molecule has 428 valence electrons. The summed E-state index contributed by atoms with van der Waals surface area (Å²) in [4.78, 5) is 11.1. The van der Waals surface area contributed by atoms with Gasteiger partial charge in [0.15, 0.2) is 0 Å². The largest absolute Gasteiger partial charge is 0.335 e. The number of aromatic nitrogens is 2. The van der Waals surface area contributed by atoms with E-state index in [0.29, 0.717) is 24.9 Å². The summed E-state index contributed by atoms with van der Waals surface area (Å²) in [6.07, 6.45) is 5.54. The molecule has 0 saturated heterocycles. The number of benzene rings is 8. The Balaban J connectivity index is 0.000000189. The molecule has 0 amide bonds. The van der Waals surface area contributed by atoms with Crippen molar-refractivity contribution in [3.63, 3.8) is 0 Å². The Hall–Kier alpha value is -6.12. The second-order valence-electron chi connectivity index (χ2n) is 25.0. The summed E-state index contributed by atoms with van der Waals surface area (Å²) in [5, 5.41) is 5.20. The molecule has 2 heterocycles. The average molecular weight is 1240 g/mol. The van der Waals surface area contributed by atoms with Crippen molar-refractivity contribution in [3.05, 3.63) is 223 Å². The van der Waals surface area contributed by atoms with Crippen LogP contribution in [0.25, 0.3) is 67.1 Å². The van der Waals surface area contributed by atoms with Crippen LogP contribution in [0.2, 0.25) is 0 Å². The number of fused-ring (bicyclic) bond motifs is 6. The quantitative estimate of drug-likeness (QED) is 0.0735. The van der Waals surface area contributed by atoms with Crippen molar-refractivity contribution in [1.29, 1.82) is 0 Å². The minimum Gasteiger partial charge on any atom is -0.309 e. The Labute approximate surface area is 505 Å². The van der Waals surface area contributed by atoms with E-state index in [4.69, 9.17) is 9.05 Å². The second kappa shape index (κ2) is 25.8. The molecule has 0 saturated carbocycles. The highest BCUT2D eigenvalue weighted by Gasteiger charge is 2.25. The minimum absolute atomic E-state index is 0. The summed E-state index contributed by atoms with van der Waals surface area (Å²) in [6.45, 7) is 31.7. The molecule has 0 unspecified atom stereocenters. The van der Waals surface area contributed by atoms with E-state index in [9.17, 15) is 9.36 Å². The molecule has 82 heavy (non-hydrogen) atoms. The first kappa shape index (κ1) is 63.5. The van der Waals surface area contributed by atoms with Crippen LogP contribution in [0.5, 0.6) is 0 Å². The van der Waals surface area contributed by atoms with E-state index in [1.54, 1.807) is 0 Å². The van der Waals surface area contributed by atoms with Gasteiger partial charge in [-0.2, -0.15) is 0 Å². The van der Waals surface area contributed by atoms with Gasteiger partial charge in [0, 0.05) is 47.4 Å². The number of nitrogens with zero attached hydrogens (tertiary/aromatic N) is 2. The number of hydrogen-bond donors (Lipinski definition) is 0. The lowest BCUT2D eigenvalue weighted by Crippen LogP contribution is -2.10. The Morgan fingerprint density at radius 3 is 0.976 bits per heavy atom. The van der Waals surface area contributed by atoms with Gasteiger partial charge < -0.3 is 18.2 Å². The molecule has 10 rings (SSSR count). The molecule has 0 aliphatic carbocycles. The standard InChI is InChI=1S/C34H34BrN.C27H29NO.C11H16BrO3P.CH4/c1-33(2,3)25-13-19-31-29(21-25)30-22-26(34(4,5)6)14-20-32(30)36(31)28-17-11-24(12-18-28)8-7-23-9-15-27(35)16-10-23;1-26(2,3)19-9-13-24-22(15-19)23-16-20(27(4,5)6)10-14-25(23)28(24)21-11-7-18(17-29)8-12-21;1-3-14-16(13,15-4-2)9-10-5-7-11(12)8-6-10;/h7-22H,1-6H3;7-17H,1-6H3;5-8H,3-4,9H2,1-2H3;1H4/b8-7+;;;. The molecule has 9 heteroatoms. The first-order chi connectivity index (χ1) is 38.2. The highest BCUT2D eigenvalue weighted by atomic mass is 79.9. The van der Waals surface area contributed by atoms with Crippen LogP contribution in [0.3, 0.4) is 0 Å². The maximum atomic E-state index is 12.2. The van der Waals surface area contributed by atoms with Crippen LogP contribution < -0.4 is 0 Å². The van der Waals surface area contributed by atoms with E-state index in [2.05, 4.69) is 258 Å². The predicted molar refractivity (Wildman–Crippen MR) is 360 cm³/mol. The third-order valence-electron chi connectivity index (χ3n) is 14.7. The molecule has 0 bridgehead atoms. The van der Waals surface area contributed by atoms with Crippen molar-refractivity contribution in [2.45, 2.75) is 132 Å². The zero-order valence-corrected chi connectivity index (χ0v) is 53.8. The smallest absolute Gasteiger partial charge is 0.309 e. The summed E-state index contributed by atoms with van der Waals surface area (Å²) in [5.74, 6) is 0. The van der Waals surface area contributed by atoms with Crippen LogP contribution in [0.4, 0.5) is 0 Å². The van der Waals surface area contributed by atoms with Gasteiger partial charge in [-0.3, -0.25) is 9.36 Å². The highest BCUT2D eigenvalue weighted by Crippen LogP contribution is 2.51. The zero-order chi connectivity index (χ0) is 58.7. The minimum atomic E-state index is -2.97. The number of hydrogen-bond acceptors (Lipinski definition) is 4. The van der Waals surface area contributed by atoms with E-state index in [1.165, 1.54) is 82.7 Å². The molecule has 0 radical (unpaired) electrons. The molecular formula is C73H83Br2N2O4P. The third kappa shape index (κ3) is 15.0. The topological polar surface area (TPSA) is 62.5 Å². The molecule has 0 fully saturated rings. The highest BCUT2D eigenvalue weighted by molar-refractivity contribution is 9.10. The number of carbonyl (C=O) groups is 1. The van der Waals surface area contributed by atoms with Gasteiger partial charge in [-0.25, -0.2) is 0 Å². The van der Waals surface area contributed by atoms with Crippen molar-refractivity contribution >= 4 is 102 Å². The maximum absolute atomic E-state index is 12.2. The molecule has 0 atom stereocenters. The van der Waals surface area contributed by atoms with E-state index in [1.807, 2.05) is 62.4 Å². The van der Waals surface area contributed by atoms with Crippen molar-refractivity contribution in [2.24, 2.45) is 0 Å². The lowest BCUT2D eigenvalue weighted by Gasteiger charge is -2.19. The van der Waals surface area contributed by atoms with Gasteiger partial charge >= 0.3 is 7.60 Å². The van der Waals surface area contributed by atoms with Gasteiger partial charge in [-0.1, -0.05) is 195 Å². The van der Waals surface area contributed by atoms with Crippen LogP contribution >= 0.6 is 39.5 Å². The van der Waals surface area contributed by atoms with Gasteiger partial charge in [0.25, 0.3) is 0 Å². The fraction of sp³-hybridized carbons (Fsp3) is 0.301. The molecule has 0 spiro atoms. The first-order valence-corrected chi connectivity index (χ1v) is 31.4. The van der Waals surface area contributed by atoms with Gasteiger partial charge in [0.1, 0.15) is 6.29 Å². The Bertz CT molecular complexity index is 3750. The summed E-state index contributed by atoms with van der Waals surface area (Å²) in [5.41, 5.74) is 17.0.